The van der Waals surface area contributed by atoms with Gasteiger partial charge in [0.05, 0.1) is 18.4 Å². The predicted molar refractivity (Wildman–Crippen MR) is 137 cm³/mol. The highest BCUT2D eigenvalue weighted by Crippen LogP contribution is 2.26. The van der Waals surface area contributed by atoms with E-state index in [1.54, 1.807) is 0 Å². The zero-order valence-corrected chi connectivity index (χ0v) is 20.7. The van der Waals surface area contributed by atoms with Crippen LogP contribution in [-0.2, 0) is 22.6 Å². The first-order valence-corrected chi connectivity index (χ1v) is 11.6. The summed E-state index contributed by atoms with van der Waals surface area (Å²) in [6.07, 6.45) is -4.35. The number of phenols is 1. The highest BCUT2D eigenvalue weighted by atomic mass is 19.4. The van der Waals surface area contributed by atoms with Gasteiger partial charge in [-0.05, 0) is 42.0 Å². The molecule has 16 heteroatoms. The van der Waals surface area contributed by atoms with Crippen molar-refractivity contribution >= 4 is 40.6 Å². The van der Waals surface area contributed by atoms with Crippen molar-refractivity contribution in [3.63, 3.8) is 0 Å². The molecule has 1 atom stereocenters. The molecule has 0 aliphatic carbocycles. The fraction of sp³-hybridized carbons (Fsp3) is 0.160. The first-order chi connectivity index (χ1) is 19.3. The number of hydrogen-bond acceptors (Lipinski definition) is 9. The lowest BCUT2D eigenvalue weighted by Crippen LogP contribution is -2.42. The van der Waals surface area contributed by atoms with Crippen molar-refractivity contribution in [2.24, 2.45) is 0 Å². The number of anilines is 2. The Morgan fingerprint density at radius 3 is 2.32 bits per heavy atom. The Bertz CT molecular complexity index is 1670. The number of aliphatic carboxylic acids is 1. The summed E-state index contributed by atoms with van der Waals surface area (Å²) < 4.78 is 40.3. The highest BCUT2D eigenvalue weighted by molar-refractivity contribution is 5.99. The number of carbonyl (C=O) groups excluding carboxylic acids is 2. The maximum absolute atomic E-state index is 13.4. The third-order valence-electron chi connectivity index (χ3n) is 5.71. The second-order valence-electron chi connectivity index (χ2n) is 8.66. The molecule has 0 bridgehead atoms. The Morgan fingerprint density at radius 1 is 1.05 bits per heavy atom. The fourth-order valence-corrected chi connectivity index (χ4v) is 3.74. The summed E-state index contributed by atoms with van der Waals surface area (Å²) in [5, 5.41) is 21.2. The van der Waals surface area contributed by atoms with Crippen LogP contribution < -0.4 is 21.5 Å². The van der Waals surface area contributed by atoms with Crippen molar-refractivity contribution in [3.8, 4) is 5.75 Å². The van der Waals surface area contributed by atoms with Crippen molar-refractivity contribution in [1.82, 2.24) is 25.3 Å². The molecule has 0 radical (unpaired) electrons. The van der Waals surface area contributed by atoms with Crippen LogP contribution in [0.2, 0.25) is 0 Å². The second-order valence-corrected chi connectivity index (χ2v) is 8.66. The Kier molecular flexibility index (Phi) is 7.84. The third kappa shape index (κ3) is 6.73. The summed E-state index contributed by atoms with van der Waals surface area (Å²) in [6, 6.07) is 8.70. The van der Waals surface area contributed by atoms with Gasteiger partial charge in [0.25, 0.3) is 11.5 Å². The van der Waals surface area contributed by atoms with E-state index in [0.29, 0.717) is 10.5 Å². The lowest BCUT2D eigenvalue weighted by Gasteiger charge is -2.24. The van der Waals surface area contributed by atoms with E-state index < -0.39 is 42.1 Å². The molecular formula is C25H20F3N7O6. The molecule has 0 saturated heterocycles. The molecule has 0 aliphatic rings. The Hall–Kier alpha value is -5.54. The number of benzene rings is 2. The van der Waals surface area contributed by atoms with Gasteiger partial charge in [-0.3, -0.25) is 24.3 Å². The maximum atomic E-state index is 13.4. The van der Waals surface area contributed by atoms with Gasteiger partial charge in [0.2, 0.25) is 5.95 Å². The molecule has 4 aromatic rings. The topological polar surface area (TPSA) is 204 Å². The van der Waals surface area contributed by atoms with Crippen molar-refractivity contribution < 1.29 is 37.8 Å². The number of halogens is 3. The van der Waals surface area contributed by atoms with Gasteiger partial charge >= 0.3 is 18.1 Å². The third-order valence-corrected chi connectivity index (χ3v) is 5.71. The van der Waals surface area contributed by atoms with Gasteiger partial charge in [-0.1, -0.05) is 12.1 Å². The van der Waals surface area contributed by atoms with Crippen molar-refractivity contribution in [3.05, 3.63) is 81.9 Å². The summed E-state index contributed by atoms with van der Waals surface area (Å²) in [6.45, 7) is -0.746. The number of carboxylic acids is 1. The number of phenolic OH excluding ortho intramolecular Hbond substituents is 1. The van der Waals surface area contributed by atoms with Gasteiger partial charge in [0.15, 0.2) is 11.2 Å². The zero-order valence-electron chi connectivity index (χ0n) is 20.7. The van der Waals surface area contributed by atoms with Crippen LogP contribution in [0.5, 0.6) is 5.75 Å². The number of nitrogens with one attached hydrogen (secondary N) is 2. The summed E-state index contributed by atoms with van der Waals surface area (Å²) in [5.41, 5.74) is 4.19. The zero-order chi connectivity index (χ0) is 29.9. The van der Waals surface area contributed by atoms with E-state index in [0.717, 1.165) is 30.5 Å². The number of alkyl halides is 3. The Morgan fingerprint density at radius 2 is 1.71 bits per heavy atom. The van der Waals surface area contributed by atoms with E-state index in [4.69, 9.17) is 5.73 Å². The minimum absolute atomic E-state index is 0.0219. The van der Waals surface area contributed by atoms with Gasteiger partial charge in [-0.2, -0.15) is 18.2 Å². The number of aromatic nitrogens is 4. The van der Waals surface area contributed by atoms with Crippen LogP contribution in [0.15, 0.2) is 59.5 Å². The van der Waals surface area contributed by atoms with E-state index in [1.807, 2.05) is 0 Å². The Balaban J connectivity index is 1.57. The normalized spacial score (nSPS) is 12.1. The number of carboxylic acid groups (broad SMARTS) is 1. The molecule has 6 N–H and O–H groups in total. The van der Waals surface area contributed by atoms with Crippen LogP contribution in [0.3, 0.4) is 0 Å². The summed E-state index contributed by atoms with van der Waals surface area (Å²) in [5.74, 6) is -4.68. The van der Waals surface area contributed by atoms with Crippen molar-refractivity contribution in [2.45, 2.75) is 25.2 Å². The van der Waals surface area contributed by atoms with Crippen LogP contribution in [-0.4, -0.2) is 60.2 Å². The molecule has 2 heterocycles. The lowest BCUT2D eigenvalue weighted by molar-refractivity contribution is -0.170. The minimum atomic E-state index is -5.28. The quantitative estimate of drug-likeness (QED) is 0.190. The van der Waals surface area contributed by atoms with Gasteiger partial charge in [0.1, 0.15) is 11.8 Å². The van der Waals surface area contributed by atoms with Gasteiger partial charge in [-0.15, -0.1) is 0 Å². The van der Waals surface area contributed by atoms with Crippen LogP contribution >= 0.6 is 0 Å². The monoisotopic (exact) mass is 579 g/mol. The van der Waals surface area contributed by atoms with E-state index in [1.165, 1.54) is 24.3 Å². The number of carbonyl (C=O) groups is 3. The SMILES string of the molecule is Nc1nc2ncc(CN(C(=O)C(F)(F)F)c3ccc(C(=O)N[13C@@H]([13CH2][13c]4[13cH]c[13c](O)[13cH][13cH]4)[13C](=O)O)cc3)nc2c(=O)[nH]1. The molecule has 0 spiro atoms. The molecule has 4 rings (SSSR count). The van der Waals surface area contributed by atoms with E-state index in [-0.39, 0.29) is 46.2 Å². The molecule has 13 nitrogen and oxygen atoms in total. The molecule has 0 saturated carbocycles. The largest absolute Gasteiger partial charge is 0.508 e. The second kappa shape index (κ2) is 11.3. The summed E-state index contributed by atoms with van der Waals surface area (Å²) in [4.78, 5) is 62.9. The molecule has 2 aromatic heterocycles. The van der Waals surface area contributed by atoms with Crippen LogP contribution in [0.4, 0.5) is 24.8 Å². The average molecular weight is 579 g/mol. The number of fused-ring (bicyclic) bond motifs is 1. The number of nitrogens with two attached hydrogens (primary N) is 1. The first-order valence-electron chi connectivity index (χ1n) is 11.6. The number of nitrogen functional groups attached to an aromatic ring is 1. The molecule has 212 valence electrons. The van der Waals surface area contributed by atoms with E-state index >= 15 is 0 Å². The van der Waals surface area contributed by atoms with Crippen molar-refractivity contribution in [1.29, 1.82) is 0 Å². The van der Waals surface area contributed by atoms with Crippen LogP contribution in [0, 0.1) is 0 Å². The van der Waals surface area contributed by atoms with Gasteiger partial charge in [0, 0.05) is 17.7 Å². The van der Waals surface area contributed by atoms with Crippen molar-refractivity contribution in [2.75, 3.05) is 10.6 Å². The summed E-state index contributed by atoms with van der Waals surface area (Å²) >= 11 is 0. The molecule has 0 unspecified atom stereocenters. The number of aromatic amines is 1. The maximum Gasteiger partial charge on any atom is 0.471 e. The first kappa shape index (κ1) is 28.5. The number of hydrogen-bond donors (Lipinski definition) is 5. The van der Waals surface area contributed by atoms with Gasteiger partial charge in [-0.25, -0.2) is 14.8 Å². The minimum Gasteiger partial charge on any atom is -0.508 e. The highest BCUT2D eigenvalue weighted by Gasteiger charge is 2.43. The molecule has 0 aliphatic heterocycles. The van der Waals surface area contributed by atoms with E-state index in [9.17, 15) is 42.6 Å². The number of rotatable bonds is 8. The smallest absolute Gasteiger partial charge is 0.471 e. The molecular weight excluding hydrogens is 559 g/mol. The lowest BCUT2D eigenvalue weighted by atomic mass is 10.1. The number of amides is 2. The molecule has 41 heavy (non-hydrogen) atoms. The molecule has 0 fully saturated rings. The number of aromatic hydroxyl groups is 1. The summed E-state index contributed by atoms with van der Waals surface area (Å²) in [7, 11) is 0. The number of nitrogens with zero attached hydrogens (tertiary/aromatic N) is 4. The number of H-pyrrole nitrogens is 1. The van der Waals surface area contributed by atoms with Crippen LogP contribution in [0.1, 0.15) is 21.6 Å². The standard InChI is InChI=1S/C25H20F3N7O6/c26-25(27,28)23(41)35(11-14-10-30-19-18(31-14)21(38)34-24(29)33-19)15-5-3-13(4-6-15)20(37)32-17(22(39)40)9-12-1-7-16(36)8-2-12/h1-8,10,17,36H,9,11H2,(H,32,37)(H,39,40)(H3,29,30,33,34,38)/t17-/m0/s1/i1+1,2+1,7+1,9+1,12+1,16+1,17+1,22+1. The van der Waals surface area contributed by atoms with Crippen LogP contribution in [0.25, 0.3) is 11.2 Å². The molecule has 2 amide bonds. The van der Waals surface area contributed by atoms with E-state index in [2.05, 4.69) is 25.3 Å². The fourth-order valence-electron chi connectivity index (χ4n) is 3.74. The van der Waals surface area contributed by atoms with Gasteiger partial charge < -0.3 is 21.3 Å². The average Bonchev–Trinajstić information content (AvgIpc) is 2.92. The Labute approximate surface area is 227 Å². The predicted octanol–water partition coefficient (Wildman–Crippen LogP) is 1.52. The molecule has 2 aromatic carbocycles.